The second-order valence-corrected chi connectivity index (χ2v) is 8.74. The zero-order chi connectivity index (χ0) is 27.7. The first kappa shape index (κ1) is 27.4. The molecule has 1 unspecified atom stereocenters. The molecule has 0 spiro atoms. The molecule has 2 aromatic heterocycles. The van der Waals surface area contributed by atoms with E-state index in [1.165, 1.54) is 0 Å². The number of carbonyl (C=O) groups excluding carboxylic acids is 1. The second-order valence-electron chi connectivity index (χ2n) is 8.74. The molecule has 0 saturated carbocycles. The summed E-state index contributed by atoms with van der Waals surface area (Å²) < 4.78 is 88.9. The smallest absolute Gasteiger partial charge is 0.435 e. The zero-order valence-corrected chi connectivity index (χ0v) is 19.9. The van der Waals surface area contributed by atoms with E-state index < -0.39 is 40.9 Å². The summed E-state index contributed by atoms with van der Waals surface area (Å²) in [6, 6.07) is -0.946. The first-order chi connectivity index (χ1) is 17.8. The van der Waals surface area contributed by atoms with Crippen molar-refractivity contribution in [2.45, 2.75) is 37.8 Å². The monoisotopic (exact) mass is 551 g/mol. The molecule has 0 bridgehead atoms. The van der Waals surface area contributed by atoms with Crippen LogP contribution in [0.5, 0.6) is 5.88 Å². The number of halogens is 6. The molecule has 11 nitrogen and oxygen atoms in total. The van der Waals surface area contributed by atoms with Crippen molar-refractivity contribution in [2.75, 3.05) is 49.7 Å². The van der Waals surface area contributed by atoms with Gasteiger partial charge in [-0.1, -0.05) is 0 Å². The molecule has 0 aromatic carbocycles. The summed E-state index contributed by atoms with van der Waals surface area (Å²) in [6.07, 6.45) is -8.01. The van der Waals surface area contributed by atoms with Crippen molar-refractivity contribution in [1.82, 2.24) is 25.1 Å². The molecule has 38 heavy (non-hydrogen) atoms. The fourth-order valence-electron chi connectivity index (χ4n) is 4.15. The van der Waals surface area contributed by atoms with Gasteiger partial charge in [-0.25, -0.2) is 15.1 Å². The van der Waals surface area contributed by atoms with Gasteiger partial charge in [-0.2, -0.15) is 31.4 Å². The number of H-pyrrole nitrogens is 1. The average molecular weight is 551 g/mol. The largest absolute Gasteiger partial charge is 0.473 e. The van der Waals surface area contributed by atoms with Crippen LogP contribution in [0.1, 0.15) is 24.6 Å². The van der Waals surface area contributed by atoms with Crippen LogP contribution in [-0.2, 0) is 21.9 Å². The first-order valence-electron chi connectivity index (χ1n) is 11.4. The third-order valence-electron chi connectivity index (χ3n) is 5.90. The number of nitrogens with one attached hydrogen (secondary N) is 2. The Morgan fingerprint density at radius 1 is 1.24 bits per heavy atom. The Bertz CT molecular complexity index is 1220. The minimum Gasteiger partial charge on any atom is -0.473 e. The summed E-state index contributed by atoms with van der Waals surface area (Å²) in [7, 11) is 0. The number of aromatic amines is 1. The highest BCUT2D eigenvalue weighted by molar-refractivity contribution is 5.76. The predicted molar refractivity (Wildman–Crippen MR) is 119 cm³/mol. The summed E-state index contributed by atoms with van der Waals surface area (Å²) in [5, 5.41) is 7.68. The lowest BCUT2D eigenvalue weighted by molar-refractivity contribution is -0.142. The molecule has 2 aliphatic rings. The van der Waals surface area contributed by atoms with Crippen LogP contribution >= 0.6 is 0 Å². The number of fused-ring (bicyclic) bond motifs is 3. The van der Waals surface area contributed by atoms with Crippen LogP contribution in [-0.4, -0.2) is 82.5 Å². The summed E-state index contributed by atoms with van der Waals surface area (Å²) in [5.41, 5.74) is -4.40. The van der Waals surface area contributed by atoms with Crippen molar-refractivity contribution in [1.29, 1.82) is 0 Å². The molecule has 2 aromatic rings. The second kappa shape index (κ2) is 10.6. The molecular formula is C21H23F6N7O4. The molecule has 1 amide bonds. The Morgan fingerprint density at radius 3 is 2.71 bits per heavy atom. The van der Waals surface area contributed by atoms with Gasteiger partial charge in [-0.3, -0.25) is 9.59 Å². The molecule has 4 rings (SSSR count). The van der Waals surface area contributed by atoms with Crippen LogP contribution in [0.3, 0.4) is 0 Å². The van der Waals surface area contributed by atoms with E-state index in [1.54, 1.807) is 21.8 Å². The quantitative estimate of drug-likeness (QED) is 0.392. The molecule has 0 radical (unpaired) electrons. The minimum absolute atomic E-state index is 0.000509. The summed E-state index contributed by atoms with van der Waals surface area (Å²) >= 11 is 0. The van der Waals surface area contributed by atoms with Gasteiger partial charge >= 0.3 is 12.4 Å². The lowest BCUT2D eigenvalue weighted by Crippen LogP contribution is -2.58. The molecular weight excluding hydrogens is 528 g/mol. The number of ether oxygens (including phenoxy) is 2. The molecule has 2 N–H and O–H groups in total. The van der Waals surface area contributed by atoms with Crippen LogP contribution in [0.25, 0.3) is 0 Å². The van der Waals surface area contributed by atoms with E-state index in [-0.39, 0.29) is 56.4 Å². The van der Waals surface area contributed by atoms with E-state index in [1.807, 2.05) is 0 Å². The van der Waals surface area contributed by atoms with Crippen LogP contribution in [0.4, 0.5) is 37.8 Å². The maximum atomic E-state index is 13.1. The van der Waals surface area contributed by atoms with E-state index in [0.29, 0.717) is 19.3 Å². The van der Waals surface area contributed by atoms with Gasteiger partial charge < -0.3 is 24.6 Å². The van der Waals surface area contributed by atoms with Crippen molar-refractivity contribution in [3.63, 3.8) is 0 Å². The Balaban J connectivity index is 1.24. The van der Waals surface area contributed by atoms with Gasteiger partial charge in [0.05, 0.1) is 43.8 Å². The van der Waals surface area contributed by atoms with Crippen molar-refractivity contribution < 1.29 is 40.6 Å². The van der Waals surface area contributed by atoms with E-state index in [0.717, 1.165) is 6.20 Å². The fraction of sp³-hybridized carbons (Fsp3) is 0.571. The van der Waals surface area contributed by atoms with Crippen LogP contribution < -0.4 is 20.5 Å². The summed E-state index contributed by atoms with van der Waals surface area (Å²) in [5.74, 6) is -0.242. The molecule has 1 fully saturated rings. The SMILES string of the molecule is C[C@H](COCCC(=O)N1CCN2c3ncc(C(F)(F)F)nc3OCC2C1)Nc1cn[nH]c(=O)c1C(F)(F)F. The van der Waals surface area contributed by atoms with Crippen molar-refractivity contribution >= 4 is 17.4 Å². The number of hydrogen-bond acceptors (Lipinski definition) is 9. The van der Waals surface area contributed by atoms with Crippen molar-refractivity contribution in [2.24, 2.45) is 0 Å². The lowest BCUT2D eigenvalue weighted by atomic mass is 10.1. The molecule has 17 heteroatoms. The number of anilines is 2. The van der Waals surface area contributed by atoms with Gasteiger partial charge in [0.1, 0.15) is 12.2 Å². The molecule has 208 valence electrons. The Hall–Kier alpha value is -3.63. The average Bonchev–Trinajstić information content (AvgIpc) is 2.84. The van der Waals surface area contributed by atoms with Crippen LogP contribution in [0.2, 0.25) is 0 Å². The predicted octanol–water partition coefficient (Wildman–Crippen LogP) is 1.91. The normalized spacial score (nSPS) is 18.3. The number of nitrogens with zero attached hydrogens (tertiary/aromatic N) is 5. The van der Waals surface area contributed by atoms with Gasteiger partial charge in [0.25, 0.3) is 11.4 Å². The highest BCUT2D eigenvalue weighted by Crippen LogP contribution is 2.36. The third-order valence-corrected chi connectivity index (χ3v) is 5.90. The number of hydrogen-bond donors (Lipinski definition) is 2. The minimum atomic E-state index is -4.88. The standard InChI is InChI=1S/C21H23F6N7O4/c1-11(30-13-6-29-32-18(36)16(13)21(25,26)27)9-37-5-2-15(35)33-3-4-34-12(8-33)10-38-19-17(34)28-7-14(31-19)20(22,23)24/h6-7,11-12H,2-5,8-10H2,1H3,(H2,30,32,36)/t11-,12?/m1/s1. The van der Waals surface area contributed by atoms with E-state index in [2.05, 4.69) is 20.4 Å². The van der Waals surface area contributed by atoms with Crippen molar-refractivity contribution in [3.05, 3.63) is 34.0 Å². The van der Waals surface area contributed by atoms with Gasteiger partial charge in [0, 0.05) is 25.7 Å². The molecule has 1 saturated heterocycles. The topological polar surface area (TPSA) is 126 Å². The Labute approximate surface area is 211 Å². The highest BCUT2D eigenvalue weighted by Gasteiger charge is 2.40. The van der Waals surface area contributed by atoms with Gasteiger partial charge in [-0.05, 0) is 6.92 Å². The maximum Gasteiger partial charge on any atom is 0.435 e. The third kappa shape index (κ3) is 6.08. The summed E-state index contributed by atoms with van der Waals surface area (Å²) in [4.78, 5) is 34.9. The molecule has 4 heterocycles. The molecule has 2 atom stereocenters. The van der Waals surface area contributed by atoms with Crippen LogP contribution in [0, 0.1) is 0 Å². The Morgan fingerprint density at radius 2 is 2.00 bits per heavy atom. The maximum absolute atomic E-state index is 13.1. The Kier molecular flexibility index (Phi) is 7.66. The van der Waals surface area contributed by atoms with E-state index in [4.69, 9.17) is 9.47 Å². The number of carbonyl (C=O) groups is 1. The van der Waals surface area contributed by atoms with Gasteiger partial charge in [0.2, 0.25) is 5.91 Å². The fourth-order valence-corrected chi connectivity index (χ4v) is 4.15. The van der Waals surface area contributed by atoms with Gasteiger partial charge in [0.15, 0.2) is 11.5 Å². The molecule has 0 aliphatic carbocycles. The number of aromatic nitrogens is 4. The number of alkyl halides is 6. The lowest BCUT2D eigenvalue weighted by Gasteiger charge is -2.44. The number of rotatable bonds is 7. The highest BCUT2D eigenvalue weighted by atomic mass is 19.4. The number of piperazine rings is 1. The van der Waals surface area contributed by atoms with E-state index in [9.17, 15) is 35.9 Å². The van der Waals surface area contributed by atoms with Crippen LogP contribution in [0.15, 0.2) is 17.2 Å². The van der Waals surface area contributed by atoms with Gasteiger partial charge in [-0.15, -0.1) is 0 Å². The number of amides is 1. The summed E-state index contributed by atoms with van der Waals surface area (Å²) in [6.45, 7) is 2.41. The first-order valence-corrected chi connectivity index (χ1v) is 11.4. The van der Waals surface area contributed by atoms with E-state index >= 15 is 0 Å². The van der Waals surface area contributed by atoms with Crippen molar-refractivity contribution in [3.8, 4) is 5.88 Å². The molecule has 2 aliphatic heterocycles. The zero-order valence-electron chi connectivity index (χ0n) is 19.9.